The van der Waals surface area contributed by atoms with E-state index in [4.69, 9.17) is 25.5 Å². The Labute approximate surface area is 198 Å². The van der Waals surface area contributed by atoms with E-state index < -0.39 is 0 Å². The molecule has 1 amide bonds. The third-order valence-electron chi connectivity index (χ3n) is 4.57. The summed E-state index contributed by atoms with van der Waals surface area (Å²) in [6.45, 7) is 4.75. The van der Waals surface area contributed by atoms with Crippen LogP contribution in [-0.2, 0) is 0 Å². The molecule has 32 heavy (non-hydrogen) atoms. The summed E-state index contributed by atoms with van der Waals surface area (Å²) >= 11 is 9.73. The summed E-state index contributed by atoms with van der Waals surface area (Å²) in [6, 6.07) is 15.9. The number of nitrogens with zero attached hydrogens (tertiary/aromatic N) is 1. The summed E-state index contributed by atoms with van der Waals surface area (Å²) in [4.78, 5) is 17.4. The number of aromatic nitrogens is 1. The van der Waals surface area contributed by atoms with Crippen LogP contribution in [0.25, 0.3) is 22.6 Å². The minimum absolute atomic E-state index is 0.286. The fourth-order valence-electron chi connectivity index (χ4n) is 3.19. The van der Waals surface area contributed by atoms with Crippen LogP contribution in [0.2, 0.25) is 5.02 Å². The molecule has 0 aliphatic heterocycles. The number of carbonyl (C=O) groups excluding carboxylic acids is 1. The second kappa shape index (κ2) is 9.63. The molecule has 4 aromatic rings. The Morgan fingerprint density at radius 1 is 1.03 bits per heavy atom. The third-order valence-corrected chi connectivity index (χ3v) is 5.39. The second-order valence-corrected chi connectivity index (χ2v) is 8.16. The molecule has 0 atom stereocenters. The standard InChI is InChI=1S/C24H20BrClN2O4/c1-3-30-17-9-14(10-18(13-17)31-4-2)23(29)27-16-6-8-22-21(12-16)28-24(32-22)19-11-15(25)5-7-20(19)26/h5-13H,3-4H2,1-2H3,(H,27,29). The summed E-state index contributed by atoms with van der Waals surface area (Å²) in [7, 11) is 0. The monoisotopic (exact) mass is 514 g/mol. The van der Waals surface area contributed by atoms with E-state index in [1.807, 2.05) is 26.0 Å². The van der Waals surface area contributed by atoms with Crippen molar-refractivity contribution in [3.05, 3.63) is 69.7 Å². The summed E-state index contributed by atoms with van der Waals surface area (Å²) in [5.74, 6) is 1.27. The lowest BCUT2D eigenvalue weighted by atomic mass is 10.1. The maximum atomic E-state index is 12.9. The van der Waals surface area contributed by atoms with Gasteiger partial charge in [-0.15, -0.1) is 0 Å². The van der Waals surface area contributed by atoms with Crippen LogP contribution in [0, 0.1) is 0 Å². The van der Waals surface area contributed by atoms with E-state index in [9.17, 15) is 4.79 Å². The number of carbonyl (C=O) groups is 1. The molecule has 164 valence electrons. The lowest BCUT2D eigenvalue weighted by molar-refractivity contribution is 0.102. The SMILES string of the molecule is CCOc1cc(OCC)cc(C(=O)Nc2ccc3oc(-c4cc(Br)ccc4Cl)nc3c2)c1. The van der Waals surface area contributed by atoms with E-state index in [2.05, 4.69) is 26.2 Å². The Hall–Kier alpha value is -3.03. The summed E-state index contributed by atoms with van der Waals surface area (Å²) < 4.78 is 17.8. The number of amides is 1. The first kappa shape index (κ1) is 22.2. The predicted molar refractivity (Wildman–Crippen MR) is 129 cm³/mol. The van der Waals surface area contributed by atoms with Crippen molar-refractivity contribution in [1.82, 2.24) is 4.98 Å². The molecule has 1 N–H and O–H groups in total. The van der Waals surface area contributed by atoms with Crippen molar-refractivity contribution in [2.75, 3.05) is 18.5 Å². The highest BCUT2D eigenvalue weighted by Gasteiger charge is 2.15. The number of ether oxygens (including phenoxy) is 2. The van der Waals surface area contributed by atoms with Crippen molar-refractivity contribution >= 4 is 50.2 Å². The molecular formula is C24H20BrClN2O4. The van der Waals surface area contributed by atoms with Gasteiger partial charge in [0.05, 0.1) is 23.8 Å². The quantitative estimate of drug-likeness (QED) is 0.288. The lowest BCUT2D eigenvalue weighted by Gasteiger charge is -2.11. The van der Waals surface area contributed by atoms with Gasteiger partial charge in [0.1, 0.15) is 17.0 Å². The highest BCUT2D eigenvalue weighted by atomic mass is 79.9. The number of benzene rings is 3. The van der Waals surface area contributed by atoms with Crippen LogP contribution in [0.1, 0.15) is 24.2 Å². The zero-order valence-corrected chi connectivity index (χ0v) is 19.8. The van der Waals surface area contributed by atoms with Crippen molar-refractivity contribution in [2.24, 2.45) is 0 Å². The van der Waals surface area contributed by atoms with Crippen LogP contribution in [-0.4, -0.2) is 24.1 Å². The van der Waals surface area contributed by atoms with Crippen molar-refractivity contribution in [1.29, 1.82) is 0 Å². The number of oxazole rings is 1. The summed E-state index contributed by atoms with van der Waals surface area (Å²) in [5, 5.41) is 3.43. The molecule has 8 heteroatoms. The Morgan fingerprint density at radius 3 is 2.44 bits per heavy atom. The third kappa shape index (κ3) is 4.89. The average molecular weight is 516 g/mol. The number of fused-ring (bicyclic) bond motifs is 1. The maximum absolute atomic E-state index is 12.9. The van der Waals surface area contributed by atoms with Crippen molar-refractivity contribution < 1.29 is 18.7 Å². The minimum atomic E-state index is -0.286. The summed E-state index contributed by atoms with van der Waals surface area (Å²) in [6.07, 6.45) is 0. The van der Waals surface area contributed by atoms with Crippen molar-refractivity contribution in [3.8, 4) is 23.0 Å². The van der Waals surface area contributed by atoms with Crippen LogP contribution >= 0.6 is 27.5 Å². The van der Waals surface area contributed by atoms with Gasteiger partial charge in [-0.1, -0.05) is 27.5 Å². The molecule has 0 radical (unpaired) electrons. The maximum Gasteiger partial charge on any atom is 0.255 e. The molecule has 1 heterocycles. The van der Waals surface area contributed by atoms with Crippen LogP contribution in [0.4, 0.5) is 5.69 Å². The molecule has 0 saturated carbocycles. The van der Waals surface area contributed by atoms with Gasteiger partial charge in [0.25, 0.3) is 5.91 Å². The lowest BCUT2D eigenvalue weighted by Crippen LogP contribution is -2.12. The first-order valence-electron chi connectivity index (χ1n) is 10.0. The molecule has 0 aliphatic rings. The molecule has 0 spiro atoms. The second-order valence-electron chi connectivity index (χ2n) is 6.84. The number of halogens is 2. The van der Waals surface area contributed by atoms with Gasteiger partial charge < -0.3 is 19.2 Å². The molecule has 0 aliphatic carbocycles. The van der Waals surface area contributed by atoms with E-state index in [1.165, 1.54) is 0 Å². The first-order chi connectivity index (χ1) is 15.5. The Balaban J connectivity index is 1.61. The van der Waals surface area contributed by atoms with Crippen LogP contribution in [0.3, 0.4) is 0 Å². The number of anilines is 1. The first-order valence-corrected chi connectivity index (χ1v) is 11.2. The van der Waals surface area contributed by atoms with E-state index >= 15 is 0 Å². The fourth-order valence-corrected chi connectivity index (χ4v) is 3.75. The molecule has 0 bridgehead atoms. The van der Waals surface area contributed by atoms with E-state index in [0.29, 0.717) is 63.5 Å². The Kier molecular flexibility index (Phi) is 6.67. The molecule has 6 nitrogen and oxygen atoms in total. The van der Waals surface area contributed by atoms with Gasteiger partial charge in [0.2, 0.25) is 5.89 Å². The van der Waals surface area contributed by atoms with Gasteiger partial charge in [0, 0.05) is 21.8 Å². The molecular weight excluding hydrogens is 496 g/mol. The van der Waals surface area contributed by atoms with Crippen molar-refractivity contribution in [3.63, 3.8) is 0 Å². The molecule has 0 saturated heterocycles. The van der Waals surface area contributed by atoms with Crippen LogP contribution in [0.5, 0.6) is 11.5 Å². The van der Waals surface area contributed by atoms with Gasteiger partial charge in [-0.2, -0.15) is 0 Å². The predicted octanol–water partition coefficient (Wildman–Crippen LogP) is 6.96. The zero-order valence-electron chi connectivity index (χ0n) is 17.4. The van der Waals surface area contributed by atoms with E-state index in [1.54, 1.807) is 42.5 Å². The van der Waals surface area contributed by atoms with Crippen molar-refractivity contribution in [2.45, 2.75) is 13.8 Å². The molecule has 0 fully saturated rings. The number of hydrogen-bond donors (Lipinski definition) is 1. The van der Waals surface area contributed by atoms with E-state index in [0.717, 1.165) is 4.47 Å². The smallest absolute Gasteiger partial charge is 0.255 e. The number of hydrogen-bond acceptors (Lipinski definition) is 5. The molecule has 1 aromatic heterocycles. The Bertz CT molecular complexity index is 1260. The molecule has 3 aromatic carbocycles. The van der Waals surface area contributed by atoms with Crippen LogP contribution in [0.15, 0.2) is 63.5 Å². The largest absolute Gasteiger partial charge is 0.494 e. The van der Waals surface area contributed by atoms with Gasteiger partial charge in [-0.25, -0.2) is 4.98 Å². The molecule has 0 unspecified atom stereocenters. The van der Waals surface area contributed by atoms with Gasteiger partial charge in [-0.3, -0.25) is 4.79 Å². The average Bonchev–Trinajstić information content (AvgIpc) is 3.19. The normalized spacial score (nSPS) is 10.9. The summed E-state index contributed by atoms with van der Waals surface area (Å²) in [5.41, 5.74) is 2.89. The van der Waals surface area contributed by atoms with Gasteiger partial charge in [0.15, 0.2) is 5.58 Å². The number of rotatable bonds is 7. The Morgan fingerprint density at radius 2 is 1.75 bits per heavy atom. The zero-order chi connectivity index (χ0) is 22.7. The minimum Gasteiger partial charge on any atom is -0.494 e. The topological polar surface area (TPSA) is 73.6 Å². The number of nitrogens with one attached hydrogen (secondary N) is 1. The van der Waals surface area contributed by atoms with E-state index in [-0.39, 0.29) is 5.91 Å². The highest BCUT2D eigenvalue weighted by molar-refractivity contribution is 9.10. The van der Waals surface area contributed by atoms with Crippen LogP contribution < -0.4 is 14.8 Å². The van der Waals surface area contributed by atoms with Gasteiger partial charge in [-0.05, 0) is 62.4 Å². The van der Waals surface area contributed by atoms with Gasteiger partial charge >= 0.3 is 0 Å². The fraction of sp³-hybridized carbons (Fsp3) is 0.167. The highest BCUT2D eigenvalue weighted by Crippen LogP contribution is 2.33. The molecule has 4 rings (SSSR count).